The van der Waals surface area contributed by atoms with Crippen LogP contribution >= 0.6 is 28.1 Å². The van der Waals surface area contributed by atoms with Crippen LogP contribution in [0.25, 0.3) is 0 Å². The maximum absolute atomic E-state index is 12.7. The Balaban J connectivity index is 2.68. The fourth-order valence-corrected chi connectivity index (χ4v) is 2.11. The summed E-state index contributed by atoms with van der Waals surface area (Å²) < 4.78 is 38.4. The van der Waals surface area contributed by atoms with Gasteiger partial charge < -0.3 is 15.5 Å². The van der Waals surface area contributed by atoms with Crippen LogP contribution < -0.4 is 10.6 Å². The van der Waals surface area contributed by atoms with Gasteiger partial charge in [0.1, 0.15) is 0 Å². The molecule has 0 fully saturated rings. The van der Waals surface area contributed by atoms with Gasteiger partial charge in [0.25, 0.3) is 0 Å². The van der Waals surface area contributed by atoms with Crippen molar-refractivity contribution in [1.29, 1.82) is 0 Å². The van der Waals surface area contributed by atoms with Crippen LogP contribution in [0, 0.1) is 0 Å². The Kier molecular flexibility index (Phi) is 6.22. The summed E-state index contributed by atoms with van der Waals surface area (Å²) in [5.41, 5.74) is -0.445. The predicted octanol–water partition coefficient (Wildman–Crippen LogP) is 3.32. The summed E-state index contributed by atoms with van der Waals surface area (Å²) in [5.74, 6) is 0. The first kappa shape index (κ1) is 17.2. The summed E-state index contributed by atoms with van der Waals surface area (Å²) in [5, 5.41) is 5.95. The van der Waals surface area contributed by atoms with Crippen molar-refractivity contribution in [3.8, 4) is 0 Å². The Labute approximate surface area is 129 Å². The number of benzene rings is 1. The molecule has 0 aliphatic heterocycles. The van der Waals surface area contributed by atoms with E-state index in [-0.39, 0.29) is 10.8 Å². The summed E-state index contributed by atoms with van der Waals surface area (Å²) in [4.78, 5) is 1.97. The molecule has 0 amide bonds. The first-order chi connectivity index (χ1) is 9.18. The number of likely N-dealkylation sites (N-methyl/N-ethyl adjacent to an activating group) is 1. The van der Waals surface area contributed by atoms with Crippen LogP contribution in [0.4, 0.5) is 18.9 Å². The van der Waals surface area contributed by atoms with Gasteiger partial charge in [-0.05, 0) is 44.5 Å². The monoisotopic (exact) mass is 369 g/mol. The Bertz CT molecular complexity index is 478. The highest BCUT2D eigenvalue weighted by molar-refractivity contribution is 9.10. The minimum Gasteiger partial charge on any atom is -0.361 e. The highest BCUT2D eigenvalue weighted by Crippen LogP contribution is 2.33. The van der Waals surface area contributed by atoms with Gasteiger partial charge >= 0.3 is 6.18 Å². The number of nitrogens with one attached hydrogen (secondary N) is 2. The average molecular weight is 370 g/mol. The second-order valence-corrected chi connectivity index (χ2v) is 5.73. The van der Waals surface area contributed by atoms with Gasteiger partial charge in [-0.2, -0.15) is 13.2 Å². The standard InChI is InChI=1S/C12H15BrF3N3S/c1-19(2)4-3-17-11(20)18-10-6-8(12(14,15)16)5-9(13)7-10/h5-7H,3-4H2,1-2H3,(H2,17,18,20). The van der Waals surface area contributed by atoms with Crippen LogP contribution in [0.1, 0.15) is 5.56 Å². The van der Waals surface area contributed by atoms with Crippen LogP contribution in [0.15, 0.2) is 22.7 Å². The molecule has 0 bridgehead atoms. The molecular formula is C12H15BrF3N3S. The zero-order valence-electron chi connectivity index (χ0n) is 11.0. The van der Waals surface area contributed by atoms with E-state index in [4.69, 9.17) is 12.2 Å². The van der Waals surface area contributed by atoms with Crippen LogP contribution in [0.2, 0.25) is 0 Å². The predicted molar refractivity (Wildman–Crippen MR) is 81.9 cm³/mol. The van der Waals surface area contributed by atoms with Crippen molar-refractivity contribution in [2.75, 3.05) is 32.5 Å². The van der Waals surface area contributed by atoms with E-state index < -0.39 is 11.7 Å². The molecule has 0 atom stereocenters. The number of nitrogens with zero attached hydrogens (tertiary/aromatic N) is 1. The topological polar surface area (TPSA) is 27.3 Å². The zero-order valence-corrected chi connectivity index (χ0v) is 13.4. The molecule has 1 aromatic rings. The Morgan fingerprint density at radius 3 is 2.50 bits per heavy atom. The molecule has 2 N–H and O–H groups in total. The van der Waals surface area contributed by atoms with Gasteiger partial charge in [-0.25, -0.2) is 0 Å². The highest BCUT2D eigenvalue weighted by atomic mass is 79.9. The molecule has 0 saturated carbocycles. The maximum atomic E-state index is 12.7. The summed E-state index contributed by atoms with van der Waals surface area (Å²) in [6, 6.07) is 3.58. The first-order valence-corrected chi connectivity index (χ1v) is 6.96. The van der Waals surface area contributed by atoms with E-state index >= 15 is 0 Å². The molecule has 0 aromatic heterocycles. The lowest BCUT2D eigenvalue weighted by Gasteiger charge is -2.15. The second kappa shape index (κ2) is 7.24. The Hall–Kier alpha value is -0.860. The summed E-state index contributed by atoms with van der Waals surface area (Å²) >= 11 is 8.09. The third-order valence-electron chi connectivity index (χ3n) is 2.33. The molecule has 3 nitrogen and oxygen atoms in total. The summed E-state index contributed by atoms with van der Waals surface area (Å²) in [6.07, 6.45) is -4.39. The summed E-state index contributed by atoms with van der Waals surface area (Å²) in [7, 11) is 3.84. The molecular weight excluding hydrogens is 355 g/mol. The average Bonchev–Trinajstić information content (AvgIpc) is 2.26. The summed E-state index contributed by atoms with van der Waals surface area (Å²) in [6.45, 7) is 1.38. The lowest BCUT2D eigenvalue weighted by Crippen LogP contribution is -2.34. The number of halogens is 4. The third-order valence-corrected chi connectivity index (χ3v) is 3.03. The van der Waals surface area contributed by atoms with Crippen molar-refractivity contribution in [3.63, 3.8) is 0 Å². The molecule has 20 heavy (non-hydrogen) atoms. The number of anilines is 1. The van der Waals surface area contributed by atoms with Gasteiger partial charge in [-0.15, -0.1) is 0 Å². The molecule has 0 saturated heterocycles. The highest BCUT2D eigenvalue weighted by Gasteiger charge is 2.31. The molecule has 8 heteroatoms. The SMILES string of the molecule is CN(C)CCNC(=S)Nc1cc(Br)cc(C(F)(F)F)c1. The smallest absolute Gasteiger partial charge is 0.361 e. The van der Waals surface area contributed by atoms with Crippen LogP contribution in [-0.2, 0) is 6.18 Å². The number of hydrogen-bond acceptors (Lipinski definition) is 2. The largest absolute Gasteiger partial charge is 0.416 e. The number of thiocarbonyl (C=S) groups is 1. The Morgan fingerprint density at radius 2 is 1.95 bits per heavy atom. The van der Waals surface area contributed by atoms with Crippen LogP contribution in [0.5, 0.6) is 0 Å². The molecule has 112 valence electrons. The van der Waals surface area contributed by atoms with Crippen molar-refractivity contribution >= 4 is 38.9 Å². The van der Waals surface area contributed by atoms with Crippen LogP contribution in [-0.4, -0.2) is 37.2 Å². The van der Waals surface area contributed by atoms with E-state index in [1.54, 1.807) is 0 Å². The molecule has 0 heterocycles. The van der Waals surface area contributed by atoms with Gasteiger partial charge in [0, 0.05) is 23.2 Å². The van der Waals surface area contributed by atoms with Crippen LogP contribution in [0.3, 0.4) is 0 Å². The lowest BCUT2D eigenvalue weighted by atomic mass is 10.2. The quantitative estimate of drug-likeness (QED) is 0.796. The van der Waals surface area contributed by atoms with E-state index in [2.05, 4.69) is 26.6 Å². The van der Waals surface area contributed by atoms with Crippen molar-refractivity contribution in [3.05, 3.63) is 28.2 Å². The van der Waals surface area contributed by atoms with Gasteiger partial charge in [0.05, 0.1) is 5.56 Å². The van der Waals surface area contributed by atoms with E-state index in [1.165, 1.54) is 6.07 Å². The fourth-order valence-electron chi connectivity index (χ4n) is 1.39. The fraction of sp³-hybridized carbons (Fsp3) is 0.417. The molecule has 1 rings (SSSR count). The van der Waals surface area contributed by atoms with Crippen molar-refractivity contribution in [1.82, 2.24) is 10.2 Å². The minimum atomic E-state index is -4.39. The molecule has 0 radical (unpaired) electrons. The third kappa shape index (κ3) is 6.06. The van der Waals surface area contributed by atoms with Gasteiger partial charge in [0.15, 0.2) is 5.11 Å². The van der Waals surface area contributed by atoms with E-state index in [0.717, 1.165) is 18.7 Å². The van der Waals surface area contributed by atoms with Crippen molar-refractivity contribution in [2.24, 2.45) is 0 Å². The number of alkyl halides is 3. The van der Waals surface area contributed by atoms with Gasteiger partial charge in [-0.1, -0.05) is 15.9 Å². The maximum Gasteiger partial charge on any atom is 0.416 e. The molecule has 0 spiro atoms. The minimum absolute atomic E-state index is 0.286. The Morgan fingerprint density at radius 1 is 1.30 bits per heavy atom. The van der Waals surface area contributed by atoms with Crippen molar-refractivity contribution < 1.29 is 13.2 Å². The van der Waals surface area contributed by atoms with E-state index in [0.29, 0.717) is 11.0 Å². The second-order valence-electron chi connectivity index (χ2n) is 4.41. The first-order valence-electron chi connectivity index (χ1n) is 5.76. The van der Waals surface area contributed by atoms with Gasteiger partial charge in [0.2, 0.25) is 0 Å². The zero-order chi connectivity index (χ0) is 15.3. The van der Waals surface area contributed by atoms with Gasteiger partial charge in [-0.3, -0.25) is 0 Å². The number of rotatable bonds is 4. The lowest BCUT2D eigenvalue weighted by molar-refractivity contribution is -0.137. The molecule has 0 aliphatic rings. The van der Waals surface area contributed by atoms with Crippen molar-refractivity contribution in [2.45, 2.75) is 6.18 Å². The normalized spacial score (nSPS) is 11.6. The van der Waals surface area contributed by atoms with E-state index in [9.17, 15) is 13.2 Å². The molecule has 1 aromatic carbocycles. The number of hydrogen-bond donors (Lipinski definition) is 2. The molecule has 0 aliphatic carbocycles. The molecule has 0 unspecified atom stereocenters. The van der Waals surface area contributed by atoms with E-state index in [1.807, 2.05) is 19.0 Å².